The fraction of sp³-hybridized carbons (Fsp3) is 0.267. The van der Waals surface area contributed by atoms with Crippen molar-refractivity contribution in [2.75, 3.05) is 10.6 Å². The molecular formula is C30H31BrN6O2. The molecule has 2 N–H and O–H groups in total. The van der Waals surface area contributed by atoms with E-state index >= 15 is 0 Å². The van der Waals surface area contributed by atoms with E-state index in [1.165, 1.54) is 5.56 Å². The van der Waals surface area contributed by atoms with Crippen molar-refractivity contribution in [2.45, 2.75) is 52.7 Å². The molecule has 0 saturated carbocycles. The van der Waals surface area contributed by atoms with Gasteiger partial charge >= 0.3 is 0 Å². The lowest BCUT2D eigenvalue weighted by atomic mass is 9.87. The molecular weight excluding hydrogens is 556 g/mol. The molecule has 3 aromatic carbocycles. The molecule has 2 heterocycles. The van der Waals surface area contributed by atoms with Gasteiger partial charge in [0.05, 0.1) is 5.57 Å². The smallest absolute Gasteiger partial charge is 0.255 e. The molecule has 200 valence electrons. The number of amides is 1. The number of allylic oxidation sites excluding steroid dienone is 1. The number of aromatic nitrogens is 4. The minimum Gasteiger partial charge on any atom is -0.489 e. The largest absolute Gasteiger partial charge is 0.489 e. The van der Waals surface area contributed by atoms with Gasteiger partial charge < -0.3 is 15.4 Å². The third-order valence-electron chi connectivity index (χ3n) is 6.72. The van der Waals surface area contributed by atoms with Crippen LogP contribution < -0.4 is 15.4 Å². The van der Waals surface area contributed by atoms with Gasteiger partial charge in [-0.2, -0.15) is 4.68 Å². The van der Waals surface area contributed by atoms with Crippen molar-refractivity contribution < 1.29 is 9.53 Å². The SMILES string of the molecule is CC1=C(C(=O)Nc2cccc(C)c2)C(c2cc(Br)ccc2OCc2ccc(C(C)(C)C)cc2)n2nnnc2N1. The van der Waals surface area contributed by atoms with Crippen molar-refractivity contribution in [2.24, 2.45) is 0 Å². The van der Waals surface area contributed by atoms with Crippen LogP contribution in [-0.2, 0) is 16.8 Å². The number of nitrogens with zero attached hydrogens (tertiary/aromatic N) is 4. The van der Waals surface area contributed by atoms with Crippen LogP contribution in [0, 0.1) is 6.92 Å². The lowest BCUT2D eigenvalue weighted by molar-refractivity contribution is -0.113. The first kappa shape index (κ1) is 26.6. The van der Waals surface area contributed by atoms with Gasteiger partial charge in [-0.05, 0) is 76.7 Å². The van der Waals surface area contributed by atoms with E-state index in [1.54, 1.807) is 4.68 Å². The Morgan fingerprint density at radius 1 is 1.08 bits per heavy atom. The number of fused-ring (bicyclic) bond motifs is 1. The number of hydrogen-bond donors (Lipinski definition) is 2. The van der Waals surface area contributed by atoms with Gasteiger partial charge in [-0.3, -0.25) is 4.79 Å². The van der Waals surface area contributed by atoms with Gasteiger partial charge in [0.1, 0.15) is 18.4 Å². The molecule has 0 spiro atoms. The van der Waals surface area contributed by atoms with Gasteiger partial charge in [-0.1, -0.05) is 78.2 Å². The summed E-state index contributed by atoms with van der Waals surface area (Å²) in [7, 11) is 0. The summed E-state index contributed by atoms with van der Waals surface area (Å²) >= 11 is 3.60. The van der Waals surface area contributed by atoms with Crippen LogP contribution >= 0.6 is 15.9 Å². The topological polar surface area (TPSA) is 94.0 Å². The lowest BCUT2D eigenvalue weighted by Crippen LogP contribution is -2.31. The maximum absolute atomic E-state index is 13.7. The second kappa shape index (κ2) is 10.6. The number of anilines is 2. The molecule has 1 unspecified atom stereocenters. The normalized spacial score (nSPS) is 15.0. The molecule has 0 radical (unpaired) electrons. The van der Waals surface area contributed by atoms with Crippen LogP contribution in [0.4, 0.5) is 11.6 Å². The number of ether oxygens (including phenoxy) is 1. The first-order valence-electron chi connectivity index (χ1n) is 12.8. The van der Waals surface area contributed by atoms with Crippen LogP contribution in [0.5, 0.6) is 5.75 Å². The number of rotatable bonds is 6. The Kier molecular flexibility index (Phi) is 7.27. The molecule has 0 aliphatic carbocycles. The Morgan fingerprint density at radius 3 is 2.56 bits per heavy atom. The average Bonchev–Trinajstić information content (AvgIpc) is 3.35. The lowest BCUT2D eigenvalue weighted by Gasteiger charge is -2.29. The third-order valence-corrected chi connectivity index (χ3v) is 7.21. The number of carbonyl (C=O) groups is 1. The summed E-state index contributed by atoms with van der Waals surface area (Å²) in [4.78, 5) is 13.7. The Labute approximate surface area is 236 Å². The molecule has 1 aliphatic rings. The summed E-state index contributed by atoms with van der Waals surface area (Å²) in [6.07, 6.45) is 0. The molecule has 1 amide bonds. The second-order valence-electron chi connectivity index (χ2n) is 10.8. The molecule has 0 bridgehead atoms. The van der Waals surface area contributed by atoms with E-state index in [2.05, 4.69) is 87.1 Å². The number of tetrazole rings is 1. The molecule has 1 atom stereocenters. The number of aryl methyl sites for hydroxylation is 1. The van der Waals surface area contributed by atoms with Crippen molar-refractivity contribution in [3.8, 4) is 5.75 Å². The summed E-state index contributed by atoms with van der Waals surface area (Å²) < 4.78 is 8.83. The summed E-state index contributed by atoms with van der Waals surface area (Å²) in [6.45, 7) is 10.8. The molecule has 1 aliphatic heterocycles. The van der Waals surface area contributed by atoms with E-state index in [-0.39, 0.29) is 11.3 Å². The summed E-state index contributed by atoms with van der Waals surface area (Å²) in [5.41, 5.74) is 6.08. The Balaban J connectivity index is 1.50. The molecule has 4 aromatic rings. The average molecular weight is 588 g/mol. The zero-order valence-corrected chi connectivity index (χ0v) is 24.2. The number of halogens is 1. The molecule has 39 heavy (non-hydrogen) atoms. The quantitative estimate of drug-likeness (QED) is 0.266. The van der Waals surface area contributed by atoms with Crippen molar-refractivity contribution in [1.82, 2.24) is 20.2 Å². The Morgan fingerprint density at radius 2 is 1.85 bits per heavy atom. The Hall–Kier alpha value is -3.98. The standard InChI is InChI=1S/C30H31BrN6O2/c1-18-7-6-8-23(15-18)33-28(38)26-19(2)32-29-34-35-36-37(29)27(26)24-16-22(31)13-14-25(24)39-17-20-9-11-21(12-10-20)30(3,4)5/h6-16,27H,17H2,1-5H3,(H,33,38)(H,32,34,36). The zero-order valence-electron chi connectivity index (χ0n) is 22.6. The van der Waals surface area contributed by atoms with E-state index in [1.807, 2.05) is 56.3 Å². The van der Waals surface area contributed by atoms with E-state index in [0.717, 1.165) is 21.2 Å². The first-order chi connectivity index (χ1) is 18.6. The van der Waals surface area contributed by atoms with Crippen LogP contribution in [0.2, 0.25) is 0 Å². The highest BCUT2D eigenvalue weighted by atomic mass is 79.9. The molecule has 8 nitrogen and oxygen atoms in total. The second-order valence-corrected chi connectivity index (χ2v) is 11.7. The Bertz CT molecular complexity index is 1550. The highest BCUT2D eigenvalue weighted by Crippen LogP contribution is 2.40. The minimum atomic E-state index is -0.614. The van der Waals surface area contributed by atoms with E-state index in [9.17, 15) is 4.79 Å². The molecule has 0 fully saturated rings. The highest BCUT2D eigenvalue weighted by molar-refractivity contribution is 9.10. The molecule has 5 rings (SSSR count). The van der Waals surface area contributed by atoms with Crippen molar-refractivity contribution in [3.05, 3.63) is 105 Å². The fourth-order valence-corrected chi connectivity index (χ4v) is 5.02. The summed E-state index contributed by atoms with van der Waals surface area (Å²) in [6, 6.07) is 21.3. The van der Waals surface area contributed by atoms with Crippen molar-refractivity contribution in [1.29, 1.82) is 0 Å². The molecule has 9 heteroatoms. The number of nitrogens with one attached hydrogen (secondary N) is 2. The van der Waals surface area contributed by atoms with Gasteiger partial charge in [0.15, 0.2) is 0 Å². The summed E-state index contributed by atoms with van der Waals surface area (Å²) in [5.74, 6) is 0.842. The van der Waals surface area contributed by atoms with Gasteiger partial charge in [-0.25, -0.2) is 0 Å². The predicted molar refractivity (Wildman–Crippen MR) is 156 cm³/mol. The van der Waals surface area contributed by atoms with Crippen LogP contribution in [0.1, 0.15) is 56.0 Å². The first-order valence-corrected chi connectivity index (χ1v) is 13.5. The minimum absolute atomic E-state index is 0.0798. The van der Waals surface area contributed by atoms with Crippen LogP contribution in [0.3, 0.4) is 0 Å². The van der Waals surface area contributed by atoms with Crippen LogP contribution in [0.15, 0.2) is 82.5 Å². The van der Waals surface area contributed by atoms with Crippen LogP contribution in [0.25, 0.3) is 0 Å². The van der Waals surface area contributed by atoms with Gasteiger partial charge in [-0.15, -0.1) is 0 Å². The van der Waals surface area contributed by atoms with E-state index < -0.39 is 6.04 Å². The van der Waals surface area contributed by atoms with Crippen molar-refractivity contribution >= 4 is 33.5 Å². The summed E-state index contributed by atoms with van der Waals surface area (Å²) in [5, 5.41) is 18.4. The molecule has 0 saturated heterocycles. The maximum atomic E-state index is 13.7. The highest BCUT2D eigenvalue weighted by Gasteiger charge is 2.36. The maximum Gasteiger partial charge on any atom is 0.255 e. The van der Waals surface area contributed by atoms with Gasteiger partial charge in [0, 0.05) is 21.4 Å². The predicted octanol–water partition coefficient (Wildman–Crippen LogP) is 6.55. The number of hydrogen-bond acceptors (Lipinski definition) is 6. The monoisotopic (exact) mass is 586 g/mol. The van der Waals surface area contributed by atoms with E-state index in [4.69, 9.17) is 4.74 Å². The molecule has 1 aromatic heterocycles. The van der Waals surface area contributed by atoms with E-state index in [0.29, 0.717) is 35.3 Å². The third kappa shape index (κ3) is 5.73. The van der Waals surface area contributed by atoms with Crippen molar-refractivity contribution in [3.63, 3.8) is 0 Å². The van der Waals surface area contributed by atoms with Crippen LogP contribution in [-0.4, -0.2) is 26.1 Å². The number of benzene rings is 3. The van der Waals surface area contributed by atoms with Gasteiger partial charge in [0.25, 0.3) is 5.91 Å². The number of carbonyl (C=O) groups excluding carboxylic acids is 1. The zero-order chi connectivity index (χ0) is 27.7. The van der Waals surface area contributed by atoms with Gasteiger partial charge in [0.2, 0.25) is 5.95 Å². The fourth-order valence-electron chi connectivity index (χ4n) is 4.64.